The molecule has 1 aliphatic heterocycles. The van der Waals surface area contributed by atoms with E-state index in [1.54, 1.807) is 12.4 Å². The van der Waals surface area contributed by atoms with E-state index in [1.165, 1.54) is 0 Å². The van der Waals surface area contributed by atoms with E-state index < -0.39 is 5.97 Å². The van der Waals surface area contributed by atoms with E-state index >= 15 is 0 Å². The first-order valence-electron chi connectivity index (χ1n) is 11.5. The van der Waals surface area contributed by atoms with Crippen LogP contribution in [0, 0.1) is 0 Å². The second-order valence-electron chi connectivity index (χ2n) is 8.09. The fourth-order valence-corrected chi connectivity index (χ4v) is 4.01. The summed E-state index contributed by atoms with van der Waals surface area (Å²) in [6.45, 7) is 7.31. The van der Waals surface area contributed by atoms with Crippen molar-refractivity contribution >= 4 is 23.0 Å². The van der Waals surface area contributed by atoms with Crippen molar-refractivity contribution in [2.75, 3.05) is 23.8 Å². The molecule has 0 radical (unpaired) electrons. The molecular weight excluding hydrogens is 408 g/mol. The highest BCUT2D eigenvalue weighted by atomic mass is 16.5. The van der Waals surface area contributed by atoms with Crippen molar-refractivity contribution in [1.29, 1.82) is 0 Å². The Kier molecular flexibility index (Phi) is 8.67. The lowest BCUT2D eigenvalue weighted by Crippen LogP contribution is -2.33. The second kappa shape index (κ2) is 11.7. The summed E-state index contributed by atoms with van der Waals surface area (Å²) in [5.41, 5.74) is 3.57. The Hall–Kier alpha value is -2.87. The molecule has 1 aliphatic rings. The maximum absolute atomic E-state index is 11.3. The molecule has 2 heterocycles. The molecule has 3 atom stereocenters. The van der Waals surface area contributed by atoms with Gasteiger partial charge in [0.15, 0.2) is 0 Å². The number of nitrogens with one attached hydrogen (secondary N) is 2. The Morgan fingerprint density at radius 2 is 2.03 bits per heavy atom. The van der Waals surface area contributed by atoms with E-state index in [2.05, 4.69) is 27.5 Å². The molecule has 1 saturated heterocycles. The van der Waals surface area contributed by atoms with Crippen molar-refractivity contribution in [3.05, 3.63) is 36.2 Å². The molecule has 1 aromatic carbocycles. The van der Waals surface area contributed by atoms with Crippen LogP contribution in [0.1, 0.15) is 64.4 Å². The van der Waals surface area contributed by atoms with Crippen molar-refractivity contribution < 1.29 is 19.4 Å². The second-order valence-corrected chi connectivity index (χ2v) is 8.09. The first-order chi connectivity index (χ1) is 15.5. The minimum Gasteiger partial charge on any atom is -0.481 e. The van der Waals surface area contributed by atoms with Gasteiger partial charge in [0.05, 0.1) is 48.6 Å². The minimum absolute atomic E-state index is 0.0498. The highest BCUT2D eigenvalue weighted by Crippen LogP contribution is 2.33. The molecule has 8 heteroatoms. The van der Waals surface area contributed by atoms with Gasteiger partial charge in [-0.3, -0.25) is 4.79 Å². The molecule has 0 amide bonds. The number of benzene rings is 1. The summed E-state index contributed by atoms with van der Waals surface area (Å²) in [6.07, 6.45) is 7.40. The number of ether oxygens (including phenoxy) is 2. The molecule has 8 nitrogen and oxygen atoms in total. The van der Waals surface area contributed by atoms with E-state index in [0.29, 0.717) is 18.7 Å². The van der Waals surface area contributed by atoms with Gasteiger partial charge in [-0.25, -0.2) is 9.97 Å². The zero-order chi connectivity index (χ0) is 22.9. The van der Waals surface area contributed by atoms with Gasteiger partial charge in [0.1, 0.15) is 0 Å². The van der Waals surface area contributed by atoms with Gasteiger partial charge in [-0.2, -0.15) is 0 Å². The van der Waals surface area contributed by atoms with E-state index in [-0.39, 0.29) is 18.4 Å². The number of carbonyl (C=O) groups is 1. The number of hydrogen-bond acceptors (Lipinski definition) is 7. The molecule has 3 N–H and O–H groups in total. The summed E-state index contributed by atoms with van der Waals surface area (Å²) >= 11 is 0. The largest absolute Gasteiger partial charge is 0.481 e. The normalized spacial score (nSPS) is 19.2. The predicted molar refractivity (Wildman–Crippen MR) is 125 cm³/mol. The van der Waals surface area contributed by atoms with Crippen LogP contribution in [0.25, 0.3) is 0 Å². The summed E-state index contributed by atoms with van der Waals surface area (Å²) in [6, 6.07) is 6.75. The standard InChI is InChI=1S/C24H34N4O4/c1-4-16(12-23(29)30)17-7-8-21(27-18-9-10-32-20(5-2)13-18)22(11-17)28-19-14-25-24(26-15-19)31-6-3/h7-8,11,14-16,18,20,27-28H,4-6,9-10,12-13H2,1-3H3,(H,29,30)/t16?,18?,20-/m1/s1. The molecule has 0 aliphatic carbocycles. The lowest BCUT2D eigenvalue weighted by molar-refractivity contribution is -0.137. The number of aromatic nitrogens is 2. The number of nitrogens with zero attached hydrogens (tertiary/aromatic N) is 2. The van der Waals surface area contributed by atoms with Crippen molar-refractivity contribution in [1.82, 2.24) is 9.97 Å². The van der Waals surface area contributed by atoms with Crippen LogP contribution >= 0.6 is 0 Å². The van der Waals surface area contributed by atoms with Crippen LogP contribution in [-0.2, 0) is 9.53 Å². The lowest BCUT2D eigenvalue weighted by atomic mass is 9.92. The summed E-state index contributed by atoms with van der Waals surface area (Å²) in [4.78, 5) is 19.8. The van der Waals surface area contributed by atoms with Crippen LogP contribution in [0.5, 0.6) is 6.01 Å². The maximum Gasteiger partial charge on any atom is 0.316 e. The molecule has 32 heavy (non-hydrogen) atoms. The zero-order valence-corrected chi connectivity index (χ0v) is 19.1. The van der Waals surface area contributed by atoms with E-state index in [1.807, 2.05) is 32.0 Å². The monoisotopic (exact) mass is 442 g/mol. The summed E-state index contributed by atoms with van der Waals surface area (Å²) in [5.74, 6) is -0.840. The van der Waals surface area contributed by atoms with Crippen molar-refractivity contribution in [2.45, 2.75) is 70.9 Å². The zero-order valence-electron chi connectivity index (χ0n) is 19.1. The van der Waals surface area contributed by atoms with Crippen LogP contribution in [0.2, 0.25) is 0 Å². The molecule has 0 spiro atoms. The number of hydrogen-bond donors (Lipinski definition) is 3. The van der Waals surface area contributed by atoms with Crippen LogP contribution in [0.15, 0.2) is 30.6 Å². The molecular formula is C24H34N4O4. The van der Waals surface area contributed by atoms with Gasteiger partial charge in [0.25, 0.3) is 0 Å². The van der Waals surface area contributed by atoms with Gasteiger partial charge in [0.2, 0.25) is 0 Å². The molecule has 0 saturated carbocycles. The molecule has 2 aromatic rings. The van der Waals surface area contributed by atoms with E-state index in [0.717, 1.165) is 54.9 Å². The van der Waals surface area contributed by atoms with Crippen molar-refractivity contribution in [2.24, 2.45) is 0 Å². The SMILES string of the molecule is CCOc1ncc(Nc2cc(C(CC)CC(=O)O)ccc2NC2CCO[C@H](CC)C2)cn1. The third-order valence-corrected chi connectivity index (χ3v) is 5.79. The molecule has 1 fully saturated rings. The molecule has 1 aromatic heterocycles. The number of aliphatic carboxylic acids is 1. The van der Waals surface area contributed by atoms with Crippen LogP contribution in [0.4, 0.5) is 17.1 Å². The Morgan fingerprint density at radius 1 is 1.25 bits per heavy atom. The Morgan fingerprint density at radius 3 is 2.69 bits per heavy atom. The Balaban J connectivity index is 1.86. The third kappa shape index (κ3) is 6.56. The lowest BCUT2D eigenvalue weighted by Gasteiger charge is -2.31. The Bertz CT molecular complexity index is 875. The maximum atomic E-state index is 11.3. The first kappa shape index (κ1) is 23.8. The fourth-order valence-electron chi connectivity index (χ4n) is 4.01. The Labute approximate surface area is 189 Å². The van der Waals surface area contributed by atoms with Gasteiger partial charge in [-0.15, -0.1) is 0 Å². The summed E-state index contributed by atoms with van der Waals surface area (Å²) < 4.78 is 11.1. The van der Waals surface area contributed by atoms with Crippen LogP contribution in [0.3, 0.4) is 0 Å². The van der Waals surface area contributed by atoms with Gasteiger partial charge >= 0.3 is 12.0 Å². The average Bonchev–Trinajstić information content (AvgIpc) is 2.80. The van der Waals surface area contributed by atoms with Gasteiger partial charge in [-0.05, 0) is 56.2 Å². The number of rotatable bonds is 11. The van der Waals surface area contributed by atoms with Gasteiger partial charge in [0, 0.05) is 12.6 Å². The molecule has 2 unspecified atom stereocenters. The number of carboxylic acids is 1. The third-order valence-electron chi connectivity index (χ3n) is 5.79. The van der Waals surface area contributed by atoms with Crippen molar-refractivity contribution in [3.8, 4) is 6.01 Å². The summed E-state index contributed by atoms with van der Waals surface area (Å²) in [7, 11) is 0. The van der Waals surface area contributed by atoms with Gasteiger partial charge < -0.3 is 25.2 Å². The van der Waals surface area contributed by atoms with E-state index in [9.17, 15) is 9.90 Å². The molecule has 174 valence electrons. The topological polar surface area (TPSA) is 106 Å². The van der Waals surface area contributed by atoms with Crippen LogP contribution in [-0.4, -0.2) is 46.4 Å². The molecule has 0 bridgehead atoms. The highest BCUT2D eigenvalue weighted by Gasteiger charge is 2.22. The highest BCUT2D eigenvalue weighted by molar-refractivity contribution is 5.76. The quantitative estimate of drug-likeness (QED) is 0.449. The number of carboxylic acid groups (broad SMARTS) is 1. The molecule has 3 rings (SSSR count). The first-order valence-corrected chi connectivity index (χ1v) is 11.5. The summed E-state index contributed by atoms with van der Waals surface area (Å²) in [5, 5.41) is 16.4. The average molecular weight is 443 g/mol. The number of anilines is 3. The smallest absolute Gasteiger partial charge is 0.316 e. The van der Waals surface area contributed by atoms with Gasteiger partial charge in [-0.1, -0.05) is 19.9 Å². The van der Waals surface area contributed by atoms with Crippen molar-refractivity contribution in [3.63, 3.8) is 0 Å². The minimum atomic E-state index is -0.790. The fraction of sp³-hybridized carbons (Fsp3) is 0.542. The van der Waals surface area contributed by atoms with Crippen LogP contribution < -0.4 is 15.4 Å². The predicted octanol–water partition coefficient (Wildman–Crippen LogP) is 4.96. The van der Waals surface area contributed by atoms with E-state index in [4.69, 9.17) is 9.47 Å².